The van der Waals surface area contributed by atoms with E-state index >= 15 is 0 Å². The maximum atomic E-state index is 12.2. The van der Waals surface area contributed by atoms with Gasteiger partial charge in [-0.3, -0.25) is 4.21 Å². The first-order valence-electron chi connectivity index (χ1n) is 5.70. The highest BCUT2D eigenvalue weighted by molar-refractivity contribution is 7.89. The minimum absolute atomic E-state index is 0.0335. The monoisotopic (exact) mass is 358 g/mol. The standard InChI is InChI=1S/C11H16Cl2N2O3S2/c1-7(3-4-19(2)16)15-20(17,18)11-9(12)5-8(14)6-10(11)13/h5-7,15H,3-4,14H2,1-2H3. The van der Waals surface area contributed by atoms with E-state index in [-0.39, 0.29) is 26.7 Å². The first kappa shape index (κ1) is 17.7. The van der Waals surface area contributed by atoms with Crippen LogP contribution in [-0.2, 0) is 20.8 Å². The van der Waals surface area contributed by atoms with Gasteiger partial charge in [0.15, 0.2) is 0 Å². The highest BCUT2D eigenvalue weighted by atomic mass is 35.5. The summed E-state index contributed by atoms with van der Waals surface area (Å²) in [5, 5.41) is -0.0671. The summed E-state index contributed by atoms with van der Waals surface area (Å²) in [5.74, 6) is 0.410. The topological polar surface area (TPSA) is 89.3 Å². The van der Waals surface area contributed by atoms with Crippen LogP contribution in [-0.4, -0.2) is 30.7 Å². The molecule has 5 nitrogen and oxygen atoms in total. The third-order valence-electron chi connectivity index (χ3n) is 2.48. The fourth-order valence-corrected chi connectivity index (χ4v) is 4.76. The van der Waals surface area contributed by atoms with Crippen LogP contribution < -0.4 is 10.5 Å². The second-order valence-corrected chi connectivity index (χ2v) is 8.42. The highest BCUT2D eigenvalue weighted by Crippen LogP contribution is 2.31. The van der Waals surface area contributed by atoms with Gasteiger partial charge < -0.3 is 5.73 Å². The van der Waals surface area contributed by atoms with E-state index in [0.29, 0.717) is 12.2 Å². The summed E-state index contributed by atoms with van der Waals surface area (Å²) in [6, 6.07) is 2.27. The maximum absolute atomic E-state index is 12.2. The summed E-state index contributed by atoms with van der Waals surface area (Å²) in [7, 11) is -4.83. The number of anilines is 1. The lowest BCUT2D eigenvalue weighted by Crippen LogP contribution is -2.33. The van der Waals surface area contributed by atoms with Crippen molar-refractivity contribution in [3.05, 3.63) is 22.2 Å². The molecule has 0 radical (unpaired) electrons. The molecule has 0 aliphatic rings. The number of nitrogens with one attached hydrogen (secondary N) is 1. The molecule has 0 fully saturated rings. The molecule has 0 heterocycles. The molecule has 2 unspecified atom stereocenters. The summed E-state index contributed by atoms with van der Waals surface area (Å²) >= 11 is 11.8. The molecule has 1 rings (SSSR count). The zero-order valence-corrected chi connectivity index (χ0v) is 14.2. The Hall–Kier alpha value is -0.340. The van der Waals surface area contributed by atoms with Gasteiger partial charge in [0.2, 0.25) is 10.0 Å². The molecule has 9 heteroatoms. The lowest BCUT2D eigenvalue weighted by atomic mass is 10.3. The third-order valence-corrected chi connectivity index (χ3v) is 5.80. The molecular formula is C11H16Cl2N2O3S2. The molecule has 0 spiro atoms. The first-order valence-corrected chi connectivity index (χ1v) is 9.67. The van der Waals surface area contributed by atoms with Crippen LogP contribution in [0.5, 0.6) is 0 Å². The van der Waals surface area contributed by atoms with Crippen LogP contribution >= 0.6 is 23.2 Å². The van der Waals surface area contributed by atoms with Crippen LogP contribution in [0, 0.1) is 0 Å². The zero-order valence-electron chi connectivity index (χ0n) is 11.0. The van der Waals surface area contributed by atoms with Gasteiger partial charge in [-0.2, -0.15) is 0 Å². The smallest absolute Gasteiger partial charge is 0.243 e. The lowest BCUT2D eigenvalue weighted by molar-refractivity contribution is 0.556. The van der Waals surface area contributed by atoms with Crippen molar-refractivity contribution in [1.82, 2.24) is 4.72 Å². The predicted octanol–water partition coefficient (Wildman–Crippen LogP) is 2.01. The van der Waals surface area contributed by atoms with Crippen molar-refractivity contribution in [2.75, 3.05) is 17.7 Å². The lowest BCUT2D eigenvalue weighted by Gasteiger charge is -2.15. The number of halogens is 2. The fraction of sp³-hybridized carbons (Fsp3) is 0.455. The average molecular weight is 359 g/mol. The summed E-state index contributed by atoms with van der Waals surface area (Å²) < 4.78 is 38.0. The molecule has 0 amide bonds. The third kappa shape index (κ3) is 4.89. The fourth-order valence-electron chi connectivity index (χ4n) is 1.56. The predicted molar refractivity (Wildman–Crippen MR) is 84.2 cm³/mol. The van der Waals surface area contributed by atoms with Crippen molar-refractivity contribution in [2.45, 2.75) is 24.3 Å². The van der Waals surface area contributed by atoms with E-state index in [1.165, 1.54) is 12.1 Å². The molecule has 0 saturated heterocycles. The van der Waals surface area contributed by atoms with E-state index in [2.05, 4.69) is 4.72 Å². The van der Waals surface area contributed by atoms with E-state index in [1.54, 1.807) is 13.2 Å². The van der Waals surface area contributed by atoms with E-state index in [0.717, 1.165) is 0 Å². The second-order valence-electron chi connectivity index (χ2n) is 4.40. The van der Waals surface area contributed by atoms with Crippen molar-refractivity contribution in [2.24, 2.45) is 0 Å². The Labute approximate surface area is 131 Å². The second kappa shape index (κ2) is 7.09. The average Bonchev–Trinajstić information content (AvgIpc) is 2.23. The van der Waals surface area contributed by atoms with Crippen molar-refractivity contribution in [1.29, 1.82) is 0 Å². The van der Waals surface area contributed by atoms with Gasteiger partial charge >= 0.3 is 0 Å². The Bertz CT molecular complexity index is 597. The number of nitrogen functional groups attached to an aromatic ring is 1. The number of rotatable bonds is 6. The molecule has 0 saturated carbocycles. The number of sulfonamides is 1. The summed E-state index contributed by atoms with van der Waals surface area (Å²) in [5.41, 5.74) is 5.82. The van der Waals surface area contributed by atoms with Gasteiger partial charge in [0.25, 0.3) is 0 Å². The maximum Gasteiger partial charge on any atom is 0.243 e. The van der Waals surface area contributed by atoms with E-state index in [1.807, 2.05) is 0 Å². The Morgan fingerprint density at radius 2 is 1.85 bits per heavy atom. The van der Waals surface area contributed by atoms with Crippen LogP contribution in [0.15, 0.2) is 17.0 Å². The summed E-state index contributed by atoms with van der Waals surface area (Å²) in [6.07, 6.45) is 2.02. The Balaban J connectivity index is 2.97. The first-order chi connectivity index (χ1) is 9.13. The van der Waals surface area contributed by atoms with Gasteiger partial charge in [0.1, 0.15) is 4.90 Å². The van der Waals surface area contributed by atoms with Gasteiger partial charge in [-0.25, -0.2) is 13.1 Å². The van der Waals surface area contributed by atoms with Crippen LogP contribution in [0.25, 0.3) is 0 Å². The van der Waals surface area contributed by atoms with Gasteiger partial charge in [0.05, 0.1) is 10.0 Å². The number of hydrogen-bond acceptors (Lipinski definition) is 4. The minimum Gasteiger partial charge on any atom is -0.399 e. The molecule has 1 aromatic rings. The van der Waals surface area contributed by atoms with Crippen molar-refractivity contribution < 1.29 is 12.6 Å². The SMILES string of the molecule is CC(CCS(C)=O)NS(=O)(=O)c1c(Cl)cc(N)cc1Cl. The van der Waals surface area contributed by atoms with Crippen LogP contribution in [0.1, 0.15) is 13.3 Å². The van der Waals surface area contributed by atoms with Gasteiger partial charge in [0, 0.05) is 34.5 Å². The zero-order chi connectivity index (χ0) is 15.5. The molecular weight excluding hydrogens is 343 g/mol. The summed E-state index contributed by atoms with van der Waals surface area (Å²) in [6.45, 7) is 1.68. The Kier molecular flexibility index (Phi) is 6.27. The molecule has 0 bridgehead atoms. The van der Waals surface area contributed by atoms with Crippen molar-refractivity contribution in [3.8, 4) is 0 Å². The quantitative estimate of drug-likeness (QED) is 0.761. The van der Waals surface area contributed by atoms with Crippen LogP contribution in [0.4, 0.5) is 5.69 Å². The van der Waals surface area contributed by atoms with E-state index in [4.69, 9.17) is 28.9 Å². The molecule has 0 aliphatic carbocycles. The molecule has 2 atom stereocenters. The molecule has 114 valence electrons. The number of benzene rings is 1. The van der Waals surface area contributed by atoms with E-state index < -0.39 is 20.8 Å². The van der Waals surface area contributed by atoms with E-state index in [9.17, 15) is 12.6 Å². The molecule has 20 heavy (non-hydrogen) atoms. The van der Waals surface area contributed by atoms with Gasteiger partial charge in [-0.05, 0) is 25.5 Å². The Morgan fingerprint density at radius 3 is 2.30 bits per heavy atom. The molecule has 0 aliphatic heterocycles. The van der Waals surface area contributed by atoms with Gasteiger partial charge in [-0.1, -0.05) is 23.2 Å². The molecule has 3 N–H and O–H groups in total. The Morgan fingerprint density at radius 1 is 1.35 bits per heavy atom. The normalized spacial score (nSPS) is 15.0. The number of hydrogen-bond donors (Lipinski definition) is 2. The molecule has 1 aromatic carbocycles. The van der Waals surface area contributed by atoms with Crippen LogP contribution in [0.3, 0.4) is 0 Å². The minimum atomic E-state index is -3.85. The van der Waals surface area contributed by atoms with Crippen molar-refractivity contribution in [3.63, 3.8) is 0 Å². The highest BCUT2D eigenvalue weighted by Gasteiger charge is 2.24. The van der Waals surface area contributed by atoms with Crippen LogP contribution in [0.2, 0.25) is 10.0 Å². The largest absolute Gasteiger partial charge is 0.399 e. The summed E-state index contributed by atoms with van der Waals surface area (Å²) in [4.78, 5) is -0.195. The van der Waals surface area contributed by atoms with Crippen molar-refractivity contribution >= 4 is 49.7 Å². The molecule has 0 aromatic heterocycles. The van der Waals surface area contributed by atoms with Gasteiger partial charge in [-0.15, -0.1) is 0 Å². The number of nitrogens with two attached hydrogens (primary N) is 1.